The van der Waals surface area contributed by atoms with Crippen LogP contribution in [0.1, 0.15) is 20.7 Å². The van der Waals surface area contributed by atoms with Crippen LogP contribution in [-0.4, -0.2) is 22.0 Å². The molecule has 1 N–H and O–H groups in total. The third-order valence-electron chi connectivity index (χ3n) is 2.54. The molecular formula is C11H7N3O2. The van der Waals surface area contributed by atoms with Gasteiger partial charge in [0.05, 0.1) is 23.0 Å². The van der Waals surface area contributed by atoms with Gasteiger partial charge in [0.2, 0.25) is 0 Å². The van der Waals surface area contributed by atoms with Crippen LogP contribution >= 0.6 is 0 Å². The summed E-state index contributed by atoms with van der Waals surface area (Å²) in [6.45, 7) is 0. The molecule has 2 amide bonds. The highest BCUT2D eigenvalue weighted by molar-refractivity contribution is 6.34. The summed E-state index contributed by atoms with van der Waals surface area (Å²) >= 11 is 0. The van der Waals surface area contributed by atoms with Crippen LogP contribution in [0.25, 0.3) is 0 Å². The summed E-state index contributed by atoms with van der Waals surface area (Å²) in [7, 11) is 0. The lowest BCUT2D eigenvalue weighted by Crippen LogP contribution is -2.28. The Hall–Kier alpha value is -2.43. The van der Waals surface area contributed by atoms with E-state index in [0.717, 1.165) is 4.90 Å². The van der Waals surface area contributed by atoms with Crippen LogP contribution in [0.5, 0.6) is 0 Å². The minimum absolute atomic E-state index is 0.304. The normalized spacial score (nSPS) is 14.4. The molecule has 0 radical (unpaired) electrons. The molecule has 1 aromatic heterocycles. The number of nitrogens with one attached hydrogen (secondary N) is 1. The van der Waals surface area contributed by atoms with Crippen LogP contribution in [0.3, 0.4) is 0 Å². The number of hydrogen-bond acceptors (Lipinski definition) is 3. The Balaban J connectivity index is 2.15. The lowest BCUT2D eigenvalue weighted by atomic mass is 10.1. The number of amides is 2. The molecule has 0 bridgehead atoms. The zero-order chi connectivity index (χ0) is 11.1. The summed E-state index contributed by atoms with van der Waals surface area (Å²) in [5.41, 5.74) is 1.34. The standard InChI is InChI=1S/C11H7N3O2/c15-10-8-3-1-2-4-9(8)11(16)14(10)7-5-12-13-6-7/h1-6H,(H,12,13). The van der Waals surface area contributed by atoms with Gasteiger partial charge in [0.15, 0.2) is 0 Å². The van der Waals surface area contributed by atoms with Crippen LogP contribution in [0, 0.1) is 0 Å². The van der Waals surface area contributed by atoms with Crippen LogP contribution in [0.4, 0.5) is 5.69 Å². The molecule has 0 atom stereocenters. The molecule has 5 nitrogen and oxygen atoms in total. The van der Waals surface area contributed by atoms with Crippen molar-refractivity contribution in [2.75, 3.05) is 4.90 Å². The first-order chi connectivity index (χ1) is 7.79. The lowest BCUT2D eigenvalue weighted by molar-refractivity contribution is 0.0926. The van der Waals surface area contributed by atoms with E-state index in [1.54, 1.807) is 24.3 Å². The van der Waals surface area contributed by atoms with Crippen molar-refractivity contribution in [2.24, 2.45) is 0 Å². The number of H-pyrrole nitrogens is 1. The monoisotopic (exact) mass is 213 g/mol. The van der Waals surface area contributed by atoms with Gasteiger partial charge < -0.3 is 0 Å². The number of fused-ring (bicyclic) bond motifs is 1. The maximum absolute atomic E-state index is 12.0. The highest BCUT2D eigenvalue weighted by Crippen LogP contribution is 2.26. The molecule has 3 rings (SSSR count). The van der Waals surface area contributed by atoms with Gasteiger partial charge in [-0.1, -0.05) is 12.1 Å². The number of carbonyl (C=O) groups is 2. The first kappa shape index (κ1) is 8.84. The second-order valence-corrected chi connectivity index (χ2v) is 3.45. The van der Waals surface area contributed by atoms with Crippen molar-refractivity contribution in [3.63, 3.8) is 0 Å². The van der Waals surface area contributed by atoms with Gasteiger partial charge in [-0.05, 0) is 12.1 Å². The van der Waals surface area contributed by atoms with E-state index in [0.29, 0.717) is 16.8 Å². The Kier molecular flexibility index (Phi) is 1.67. The number of anilines is 1. The minimum atomic E-state index is -0.304. The molecule has 0 aliphatic carbocycles. The van der Waals surface area contributed by atoms with E-state index < -0.39 is 0 Å². The SMILES string of the molecule is O=C1c2ccccc2C(=O)N1c1cn[nH]c1. The molecule has 1 aliphatic rings. The molecule has 0 fully saturated rings. The van der Waals surface area contributed by atoms with E-state index in [4.69, 9.17) is 0 Å². The second kappa shape index (κ2) is 3.03. The number of carbonyl (C=O) groups excluding carboxylic acids is 2. The molecule has 0 unspecified atom stereocenters. The van der Waals surface area contributed by atoms with Gasteiger partial charge in [-0.15, -0.1) is 0 Å². The fourth-order valence-electron chi connectivity index (χ4n) is 1.79. The molecule has 0 saturated carbocycles. The summed E-state index contributed by atoms with van der Waals surface area (Å²) in [4.78, 5) is 25.1. The molecule has 2 heterocycles. The van der Waals surface area contributed by atoms with Gasteiger partial charge >= 0.3 is 0 Å². The van der Waals surface area contributed by atoms with Gasteiger partial charge in [0.1, 0.15) is 0 Å². The van der Waals surface area contributed by atoms with E-state index >= 15 is 0 Å². The number of aromatic nitrogens is 2. The van der Waals surface area contributed by atoms with Crippen molar-refractivity contribution >= 4 is 17.5 Å². The average Bonchev–Trinajstić information content (AvgIpc) is 2.89. The van der Waals surface area contributed by atoms with Crippen molar-refractivity contribution < 1.29 is 9.59 Å². The van der Waals surface area contributed by atoms with E-state index in [1.165, 1.54) is 12.4 Å². The lowest BCUT2D eigenvalue weighted by Gasteiger charge is -2.09. The fourth-order valence-corrected chi connectivity index (χ4v) is 1.79. The van der Waals surface area contributed by atoms with Crippen molar-refractivity contribution in [3.8, 4) is 0 Å². The maximum atomic E-state index is 12.0. The Labute approximate surface area is 90.7 Å². The molecule has 0 spiro atoms. The minimum Gasteiger partial charge on any atom is -0.284 e. The largest absolute Gasteiger partial charge is 0.284 e. The molecular weight excluding hydrogens is 206 g/mol. The number of aromatic amines is 1. The van der Waals surface area contributed by atoms with Gasteiger partial charge in [-0.2, -0.15) is 5.10 Å². The molecule has 16 heavy (non-hydrogen) atoms. The van der Waals surface area contributed by atoms with E-state index in [9.17, 15) is 9.59 Å². The first-order valence-electron chi connectivity index (χ1n) is 4.75. The molecule has 0 saturated heterocycles. The molecule has 78 valence electrons. The summed E-state index contributed by atoms with van der Waals surface area (Å²) in [6.07, 6.45) is 2.96. The van der Waals surface area contributed by atoms with Crippen LogP contribution in [0.15, 0.2) is 36.7 Å². The Morgan fingerprint density at radius 1 is 1.06 bits per heavy atom. The second-order valence-electron chi connectivity index (χ2n) is 3.45. The van der Waals surface area contributed by atoms with E-state index in [1.807, 2.05) is 0 Å². The fraction of sp³-hybridized carbons (Fsp3) is 0. The number of rotatable bonds is 1. The zero-order valence-corrected chi connectivity index (χ0v) is 8.18. The van der Waals surface area contributed by atoms with Crippen molar-refractivity contribution in [3.05, 3.63) is 47.8 Å². The van der Waals surface area contributed by atoms with Gasteiger partial charge in [0.25, 0.3) is 11.8 Å². The number of imide groups is 1. The topological polar surface area (TPSA) is 66.1 Å². The maximum Gasteiger partial charge on any atom is 0.266 e. The van der Waals surface area contributed by atoms with Crippen LogP contribution < -0.4 is 4.90 Å². The van der Waals surface area contributed by atoms with Crippen molar-refractivity contribution in [2.45, 2.75) is 0 Å². The summed E-state index contributed by atoms with van der Waals surface area (Å²) in [5.74, 6) is -0.607. The first-order valence-corrected chi connectivity index (χ1v) is 4.75. The van der Waals surface area contributed by atoms with Crippen LogP contribution in [0.2, 0.25) is 0 Å². The third kappa shape index (κ3) is 1.02. The highest BCUT2D eigenvalue weighted by atomic mass is 16.2. The number of nitrogens with zero attached hydrogens (tertiary/aromatic N) is 2. The van der Waals surface area contributed by atoms with E-state index in [2.05, 4.69) is 10.2 Å². The van der Waals surface area contributed by atoms with Gasteiger partial charge in [-0.3, -0.25) is 14.7 Å². The van der Waals surface area contributed by atoms with Gasteiger partial charge in [-0.25, -0.2) is 4.90 Å². The summed E-state index contributed by atoms with van der Waals surface area (Å²) < 4.78 is 0. The third-order valence-corrected chi connectivity index (χ3v) is 2.54. The predicted molar refractivity (Wildman–Crippen MR) is 56.2 cm³/mol. The Morgan fingerprint density at radius 2 is 1.69 bits per heavy atom. The molecule has 1 aromatic carbocycles. The average molecular weight is 213 g/mol. The number of hydrogen-bond donors (Lipinski definition) is 1. The Morgan fingerprint density at radius 3 is 2.19 bits per heavy atom. The van der Waals surface area contributed by atoms with Gasteiger partial charge in [0, 0.05) is 6.20 Å². The number of benzene rings is 1. The molecule has 1 aliphatic heterocycles. The van der Waals surface area contributed by atoms with E-state index in [-0.39, 0.29) is 11.8 Å². The summed E-state index contributed by atoms with van der Waals surface area (Å²) in [6, 6.07) is 6.77. The molecule has 5 heteroatoms. The zero-order valence-electron chi connectivity index (χ0n) is 8.18. The Bertz CT molecular complexity index is 540. The molecule has 2 aromatic rings. The predicted octanol–water partition coefficient (Wildman–Crippen LogP) is 1.21. The summed E-state index contributed by atoms with van der Waals surface area (Å²) in [5, 5.41) is 6.31. The van der Waals surface area contributed by atoms with Crippen LogP contribution in [-0.2, 0) is 0 Å². The highest BCUT2D eigenvalue weighted by Gasteiger charge is 2.36. The quantitative estimate of drug-likeness (QED) is 0.724. The van der Waals surface area contributed by atoms with Crippen molar-refractivity contribution in [1.82, 2.24) is 10.2 Å². The smallest absolute Gasteiger partial charge is 0.266 e. The van der Waals surface area contributed by atoms with Crippen molar-refractivity contribution in [1.29, 1.82) is 0 Å².